The standard InChI is InChI=1S/C18H24N2O3S/c1-15(7-8-18-6-3-11-23-18)19-16-4-2-5-17(14-16)20-9-12-24(21,22)13-10-20/h2-6,11,14-15,19H,7-10,12-13H2,1H3/t15-/m1/s1. The number of nitrogens with zero attached hydrogens (tertiary/aromatic N) is 1. The lowest BCUT2D eigenvalue weighted by atomic mass is 10.1. The number of rotatable bonds is 6. The number of sulfone groups is 1. The van der Waals surface area contributed by atoms with Crippen molar-refractivity contribution < 1.29 is 12.8 Å². The molecule has 0 spiro atoms. The minimum Gasteiger partial charge on any atom is -0.469 e. The molecule has 0 saturated carbocycles. The van der Waals surface area contributed by atoms with Gasteiger partial charge in [0.25, 0.3) is 0 Å². The molecular formula is C18H24N2O3S. The van der Waals surface area contributed by atoms with Crippen LogP contribution in [0.5, 0.6) is 0 Å². The molecule has 130 valence electrons. The number of hydrogen-bond donors (Lipinski definition) is 1. The van der Waals surface area contributed by atoms with Gasteiger partial charge in [-0.25, -0.2) is 8.42 Å². The van der Waals surface area contributed by atoms with Crippen molar-refractivity contribution >= 4 is 21.2 Å². The molecule has 1 fully saturated rings. The molecule has 1 aromatic carbocycles. The van der Waals surface area contributed by atoms with E-state index in [9.17, 15) is 8.42 Å². The fraction of sp³-hybridized carbons (Fsp3) is 0.444. The predicted octanol–water partition coefficient (Wildman–Crippen LogP) is 2.95. The molecule has 0 bridgehead atoms. The first-order valence-electron chi connectivity index (χ1n) is 8.36. The largest absolute Gasteiger partial charge is 0.469 e. The van der Waals surface area contributed by atoms with Crippen LogP contribution in [0.1, 0.15) is 19.1 Å². The van der Waals surface area contributed by atoms with Crippen molar-refractivity contribution in [2.75, 3.05) is 34.8 Å². The van der Waals surface area contributed by atoms with E-state index >= 15 is 0 Å². The van der Waals surface area contributed by atoms with E-state index in [1.807, 2.05) is 30.3 Å². The molecule has 1 atom stereocenters. The van der Waals surface area contributed by atoms with Gasteiger partial charge in [0.05, 0.1) is 17.8 Å². The average molecular weight is 348 g/mol. The lowest BCUT2D eigenvalue weighted by Crippen LogP contribution is -2.40. The monoisotopic (exact) mass is 348 g/mol. The highest BCUT2D eigenvalue weighted by atomic mass is 32.2. The fourth-order valence-corrected chi connectivity index (χ4v) is 4.13. The van der Waals surface area contributed by atoms with E-state index in [4.69, 9.17) is 4.42 Å². The summed E-state index contributed by atoms with van der Waals surface area (Å²) in [6.07, 6.45) is 3.60. The molecule has 2 aromatic rings. The zero-order chi connectivity index (χ0) is 17.0. The van der Waals surface area contributed by atoms with Gasteiger partial charge in [0, 0.05) is 36.9 Å². The highest BCUT2D eigenvalue weighted by Gasteiger charge is 2.21. The summed E-state index contributed by atoms with van der Waals surface area (Å²) in [6.45, 7) is 3.29. The Balaban J connectivity index is 1.56. The minimum absolute atomic E-state index is 0.240. The molecule has 0 amide bonds. The Morgan fingerprint density at radius 2 is 2.00 bits per heavy atom. The van der Waals surface area contributed by atoms with Gasteiger partial charge in [-0.05, 0) is 43.7 Å². The fourth-order valence-electron chi connectivity index (χ4n) is 2.93. The van der Waals surface area contributed by atoms with Gasteiger partial charge in [0.2, 0.25) is 0 Å². The van der Waals surface area contributed by atoms with Gasteiger partial charge in [-0.2, -0.15) is 0 Å². The second kappa shape index (κ2) is 7.30. The summed E-state index contributed by atoms with van der Waals surface area (Å²) in [7, 11) is -2.85. The zero-order valence-electron chi connectivity index (χ0n) is 13.9. The van der Waals surface area contributed by atoms with Crippen molar-refractivity contribution in [1.29, 1.82) is 0 Å². The van der Waals surface area contributed by atoms with Gasteiger partial charge in [0.15, 0.2) is 9.84 Å². The third-order valence-electron chi connectivity index (χ3n) is 4.37. The van der Waals surface area contributed by atoms with Gasteiger partial charge in [0.1, 0.15) is 5.76 Å². The maximum Gasteiger partial charge on any atom is 0.153 e. The van der Waals surface area contributed by atoms with Crippen molar-refractivity contribution in [2.45, 2.75) is 25.8 Å². The van der Waals surface area contributed by atoms with Crippen LogP contribution in [0.15, 0.2) is 47.1 Å². The second-order valence-electron chi connectivity index (χ2n) is 6.35. The number of anilines is 2. The molecule has 24 heavy (non-hydrogen) atoms. The zero-order valence-corrected chi connectivity index (χ0v) is 14.8. The Hall–Kier alpha value is -1.95. The lowest BCUT2D eigenvalue weighted by Gasteiger charge is -2.29. The second-order valence-corrected chi connectivity index (χ2v) is 8.66. The van der Waals surface area contributed by atoms with Crippen molar-refractivity contribution in [3.63, 3.8) is 0 Å². The van der Waals surface area contributed by atoms with E-state index < -0.39 is 9.84 Å². The summed E-state index contributed by atoms with van der Waals surface area (Å²) in [5.74, 6) is 1.49. The Kier molecular flexibility index (Phi) is 5.14. The van der Waals surface area contributed by atoms with E-state index in [-0.39, 0.29) is 11.5 Å². The molecule has 6 heteroatoms. The van der Waals surface area contributed by atoms with Crippen LogP contribution in [-0.2, 0) is 16.3 Å². The summed E-state index contributed by atoms with van der Waals surface area (Å²) in [5, 5.41) is 3.51. The first-order valence-corrected chi connectivity index (χ1v) is 10.2. The van der Waals surface area contributed by atoms with Gasteiger partial charge >= 0.3 is 0 Å². The van der Waals surface area contributed by atoms with Gasteiger partial charge in [-0.3, -0.25) is 0 Å². The smallest absolute Gasteiger partial charge is 0.153 e. The molecule has 3 rings (SSSR count). The predicted molar refractivity (Wildman–Crippen MR) is 97.4 cm³/mol. The SMILES string of the molecule is C[C@H](CCc1ccco1)Nc1cccc(N2CCS(=O)(=O)CC2)c1. The molecule has 0 unspecified atom stereocenters. The van der Waals surface area contributed by atoms with Gasteiger partial charge in [-0.15, -0.1) is 0 Å². The van der Waals surface area contributed by atoms with E-state index in [1.165, 1.54) is 0 Å². The molecular weight excluding hydrogens is 324 g/mol. The van der Waals surface area contributed by atoms with Crippen LogP contribution in [0, 0.1) is 0 Å². The minimum atomic E-state index is -2.85. The van der Waals surface area contributed by atoms with Crippen LogP contribution in [0.4, 0.5) is 11.4 Å². The third kappa shape index (κ3) is 4.54. The Morgan fingerprint density at radius 3 is 2.71 bits per heavy atom. The molecule has 0 aliphatic carbocycles. The Morgan fingerprint density at radius 1 is 1.21 bits per heavy atom. The highest BCUT2D eigenvalue weighted by Crippen LogP contribution is 2.22. The first kappa shape index (κ1) is 16.9. The molecule has 1 aliphatic heterocycles. The van der Waals surface area contributed by atoms with Crippen LogP contribution >= 0.6 is 0 Å². The highest BCUT2D eigenvalue weighted by molar-refractivity contribution is 7.91. The van der Waals surface area contributed by atoms with E-state index in [0.717, 1.165) is 30.0 Å². The molecule has 1 N–H and O–H groups in total. The average Bonchev–Trinajstić information content (AvgIpc) is 3.07. The van der Waals surface area contributed by atoms with Crippen molar-refractivity contribution in [3.8, 4) is 0 Å². The van der Waals surface area contributed by atoms with Crippen LogP contribution in [0.25, 0.3) is 0 Å². The van der Waals surface area contributed by atoms with Gasteiger partial charge in [-0.1, -0.05) is 6.07 Å². The number of hydrogen-bond acceptors (Lipinski definition) is 5. The first-order chi connectivity index (χ1) is 11.5. The van der Waals surface area contributed by atoms with E-state index in [0.29, 0.717) is 19.1 Å². The lowest BCUT2D eigenvalue weighted by molar-refractivity contribution is 0.495. The molecule has 1 aliphatic rings. The molecule has 5 nitrogen and oxygen atoms in total. The third-order valence-corrected chi connectivity index (χ3v) is 5.98. The van der Waals surface area contributed by atoms with E-state index in [1.54, 1.807) is 6.26 Å². The van der Waals surface area contributed by atoms with Crippen LogP contribution < -0.4 is 10.2 Å². The quantitative estimate of drug-likeness (QED) is 0.870. The summed E-state index contributed by atoms with van der Waals surface area (Å²) < 4.78 is 28.5. The summed E-state index contributed by atoms with van der Waals surface area (Å²) >= 11 is 0. The number of aryl methyl sites for hydroxylation is 1. The number of benzene rings is 1. The maximum atomic E-state index is 11.6. The van der Waals surface area contributed by atoms with Crippen molar-refractivity contribution in [2.24, 2.45) is 0 Å². The Labute approximate surface area is 143 Å². The number of nitrogens with one attached hydrogen (secondary N) is 1. The van der Waals surface area contributed by atoms with Crippen LogP contribution in [0.2, 0.25) is 0 Å². The van der Waals surface area contributed by atoms with Crippen LogP contribution in [-0.4, -0.2) is 39.1 Å². The molecule has 1 aromatic heterocycles. The summed E-state index contributed by atoms with van der Waals surface area (Å²) in [4.78, 5) is 2.14. The normalized spacial score (nSPS) is 18.3. The molecule has 2 heterocycles. The molecule has 0 radical (unpaired) electrons. The van der Waals surface area contributed by atoms with E-state index in [2.05, 4.69) is 23.2 Å². The topological polar surface area (TPSA) is 62.6 Å². The Bertz CT molecular complexity index is 742. The van der Waals surface area contributed by atoms with Crippen molar-refractivity contribution in [1.82, 2.24) is 0 Å². The molecule has 1 saturated heterocycles. The number of furan rings is 1. The van der Waals surface area contributed by atoms with Crippen molar-refractivity contribution in [3.05, 3.63) is 48.4 Å². The summed E-state index contributed by atoms with van der Waals surface area (Å²) in [6, 6.07) is 12.4. The van der Waals surface area contributed by atoms with Gasteiger partial charge < -0.3 is 14.6 Å². The summed E-state index contributed by atoms with van der Waals surface area (Å²) in [5.41, 5.74) is 2.14. The van der Waals surface area contributed by atoms with Crippen LogP contribution in [0.3, 0.4) is 0 Å². The maximum absolute atomic E-state index is 11.6.